The lowest BCUT2D eigenvalue weighted by Crippen LogP contribution is -2.42. The maximum Gasteiger partial charge on any atom is 0.237 e. The summed E-state index contributed by atoms with van der Waals surface area (Å²) in [6.07, 6.45) is 0.707. The summed E-state index contributed by atoms with van der Waals surface area (Å²) in [5.74, 6) is 0.341. The molecule has 1 amide bonds. The molecule has 0 aromatic heterocycles. The number of carbonyl (C=O) groups excluding carboxylic acids is 1. The monoisotopic (exact) mass is 312 g/mol. The summed E-state index contributed by atoms with van der Waals surface area (Å²) in [5, 5.41) is 2.94. The number of hydrogen-bond donors (Lipinski definition) is 2. The van der Waals surface area contributed by atoms with Gasteiger partial charge in [0.05, 0.1) is 12.1 Å². The van der Waals surface area contributed by atoms with Gasteiger partial charge in [-0.3, -0.25) is 4.79 Å². The standard InChI is InChI=1S/C14H21BrN2O/c1-9(2)8-13(16)14(18)17-10(3)11-4-6-12(15)7-5-11/h4-7,9-10,13H,8,16H2,1-3H3,(H,17,18)/t10-,13-/m0/s1. The summed E-state index contributed by atoms with van der Waals surface area (Å²) in [6.45, 7) is 6.08. The van der Waals surface area contributed by atoms with Crippen molar-refractivity contribution in [3.05, 3.63) is 34.3 Å². The third-order valence-corrected chi connectivity index (χ3v) is 3.32. The Bertz CT molecular complexity index is 389. The van der Waals surface area contributed by atoms with Crippen LogP contribution in [0.25, 0.3) is 0 Å². The summed E-state index contributed by atoms with van der Waals surface area (Å²) >= 11 is 3.39. The molecule has 0 unspecified atom stereocenters. The zero-order valence-corrected chi connectivity index (χ0v) is 12.7. The van der Waals surface area contributed by atoms with Crippen LogP contribution in [0.4, 0.5) is 0 Å². The lowest BCUT2D eigenvalue weighted by molar-refractivity contribution is -0.123. The van der Waals surface area contributed by atoms with E-state index in [2.05, 4.69) is 35.1 Å². The van der Waals surface area contributed by atoms with Crippen molar-refractivity contribution >= 4 is 21.8 Å². The topological polar surface area (TPSA) is 55.1 Å². The van der Waals surface area contributed by atoms with Crippen LogP contribution in [-0.2, 0) is 4.79 Å². The van der Waals surface area contributed by atoms with Crippen molar-refractivity contribution in [2.75, 3.05) is 0 Å². The smallest absolute Gasteiger partial charge is 0.237 e. The Morgan fingerprint density at radius 3 is 2.33 bits per heavy atom. The summed E-state index contributed by atoms with van der Waals surface area (Å²) in [7, 11) is 0. The van der Waals surface area contributed by atoms with Crippen LogP contribution in [0, 0.1) is 5.92 Å². The lowest BCUT2D eigenvalue weighted by Gasteiger charge is -2.19. The fourth-order valence-corrected chi connectivity index (χ4v) is 2.03. The van der Waals surface area contributed by atoms with Crippen molar-refractivity contribution in [3.63, 3.8) is 0 Å². The third-order valence-electron chi connectivity index (χ3n) is 2.79. The Hall–Kier alpha value is -0.870. The molecule has 0 spiro atoms. The Kier molecular flexibility index (Phi) is 5.82. The first-order valence-corrected chi connectivity index (χ1v) is 7.01. The highest BCUT2D eigenvalue weighted by molar-refractivity contribution is 9.10. The molecular formula is C14H21BrN2O. The van der Waals surface area contributed by atoms with E-state index in [1.54, 1.807) is 0 Å². The van der Waals surface area contributed by atoms with Gasteiger partial charge in [0.25, 0.3) is 0 Å². The lowest BCUT2D eigenvalue weighted by atomic mass is 10.0. The maximum atomic E-state index is 11.9. The first-order valence-electron chi connectivity index (χ1n) is 6.21. The molecule has 0 radical (unpaired) electrons. The molecule has 0 aliphatic rings. The molecule has 0 saturated carbocycles. The van der Waals surface area contributed by atoms with Crippen molar-refractivity contribution in [2.45, 2.75) is 39.3 Å². The first kappa shape index (κ1) is 15.2. The minimum Gasteiger partial charge on any atom is -0.348 e. The molecule has 0 bridgehead atoms. The van der Waals surface area contributed by atoms with Crippen LogP contribution in [0.2, 0.25) is 0 Å². The van der Waals surface area contributed by atoms with Gasteiger partial charge in [0.15, 0.2) is 0 Å². The molecule has 0 aliphatic heterocycles. The molecule has 1 aromatic rings. The van der Waals surface area contributed by atoms with Gasteiger partial charge in [0.2, 0.25) is 5.91 Å². The first-order chi connectivity index (χ1) is 8.40. The van der Waals surface area contributed by atoms with Gasteiger partial charge in [-0.15, -0.1) is 0 Å². The van der Waals surface area contributed by atoms with Crippen LogP contribution in [0.3, 0.4) is 0 Å². The molecule has 0 aliphatic carbocycles. The largest absolute Gasteiger partial charge is 0.348 e. The molecule has 0 saturated heterocycles. The van der Waals surface area contributed by atoms with E-state index in [1.807, 2.05) is 31.2 Å². The highest BCUT2D eigenvalue weighted by Crippen LogP contribution is 2.16. The van der Waals surface area contributed by atoms with E-state index in [-0.39, 0.29) is 11.9 Å². The van der Waals surface area contributed by atoms with E-state index in [9.17, 15) is 4.79 Å². The summed E-state index contributed by atoms with van der Waals surface area (Å²) < 4.78 is 1.03. The zero-order chi connectivity index (χ0) is 13.7. The van der Waals surface area contributed by atoms with Crippen molar-refractivity contribution in [3.8, 4) is 0 Å². The van der Waals surface area contributed by atoms with E-state index in [4.69, 9.17) is 5.73 Å². The van der Waals surface area contributed by atoms with E-state index in [1.165, 1.54) is 0 Å². The van der Waals surface area contributed by atoms with E-state index in [0.29, 0.717) is 12.3 Å². The number of rotatable bonds is 5. The molecular weight excluding hydrogens is 292 g/mol. The molecule has 18 heavy (non-hydrogen) atoms. The zero-order valence-electron chi connectivity index (χ0n) is 11.1. The third kappa shape index (κ3) is 4.78. The van der Waals surface area contributed by atoms with Crippen LogP contribution in [0.1, 0.15) is 38.8 Å². The van der Waals surface area contributed by atoms with Gasteiger partial charge >= 0.3 is 0 Å². The van der Waals surface area contributed by atoms with Gasteiger partial charge in [0, 0.05) is 4.47 Å². The molecule has 1 aromatic carbocycles. The highest BCUT2D eigenvalue weighted by atomic mass is 79.9. The number of nitrogens with one attached hydrogen (secondary N) is 1. The summed E-state index contributed by atoms with van der Waals surface area (Å²) in [5.41, 5.74) is 6.92. The molecule has 1 rings (SSSR count). The van der Waals surface area contributed by atoms with Crippen molar-refractivity contribution in [1.82, 2.24) is 5.32 Å². The number of amides is 1. The van der Waals surface area contributed by atoms with Gasteiger partial charge in [-0.2, -0.15) is 0 Å². The van der Waals surface area contributed by atoms with Crippen molar-refractivity contribution < 1.29 is 4.79 Å². The number of carbonyl (C=O) groups is 1. The maximum absolute atomic E-state index is 11.9. The second kappa shape index (κ2) is 6.90. The predicted molar refractivity (Wildman–Crippen MR) is 78.1 cm³/mol. The van der Waals surface area contributed by atoms with E-state index >= 15 is 0 Å². The fraction of sp³-hybridized carbons (Fsp3) is 0.500. The molecule has 0 heterocycles. The normalized spacial score (nSPS) is 14.3. The van der Waals surface area contributed by atoms with Gasteiger partial charge in [-0.05, 0) is 37.0 Å². The van der Waals surface area contributed by atoms with Crippen molar-refractivity contribution in [1.29, 1.82) is 0 Å². The molecule has 3 nitrogen and oxygen atoms in total. The van der Waals surface area contributed by atoms with Gasteiger partial charge in [-0.1, -0.05) is 41.9 Å². The van der Waals surface area contributed by atoms with Crippen LogP contribution in [-0.4, -0.2) is 11.9 Å². The van der Waals surface area contributed by atoms with Gasteiger partial charge in [-0.25, -0.2) is 0 Å². The van der Waals surface area contributed by atoms with Crippen molar-refractivity contribution in [2.24, 2.45) is 11.7 Å². The Balaban J connectivity index is 2.56. The van der Waals surface area contributed by atoms with Crippen LogP contribution in [0.5, 0.6) is 0 Å². The van der Waals surface area contributed by atoms with E-state index < -0.39 is 6.04 Å². The molecule has 4 heteroatoms. The fourth-order valence-electron chi connectivity index (χ4n) is 1.77. The Morgan fingerprint density at radius 2 is 1.83 bits per heavy atom. The Morgan fingerprint density at radius 1 is 1.28 bits per heavy atom. The second-order valence-electron chi connectivity index (χ2n) is 5.02. The average Bonchev–Trinajstić information content (AvgIpc) is 2.28. The number of nitrogens with two attached hydrogens (primary N) is 1. The second-order valence-corrected chi connectivity index (χ2v) is 5.93. The molecule has 0 fully saturated rings. The quantitative estimate of drug-likeness (QED) is 0.878. The average molecular weight is 313 g/mol. The SMILES string of the molecule is CC(C)C[C@H](N)C(=O)N[C@@H](C)c1ccc(Br)cc1. The van der Waals surface area contributed by atoms with E-state index in [0.717, 1.165) is 10.0 Å². The van der Waals surface area contributed by atoms with Gasteiger partial charge < -0.3 is 11.1 Å². The summed E-state index contributed by atoms with van der Waals surface area (Å²) in [6, 6.07) is 7.45. The molecule has 3 N–H and O–H groups in total. The predicted octanol–water partition coefficient (Wildman–Crippen LogP) is 3.00. The Labute approximate surface area is 117 Å². The summed E-state index contributed by atoms with van der Waals surface area (Å²) in [4.78, 5) is 11.9. The highest BCUT2D eigenvalue weighted by Gasteiger charge is 2.17. The minimum atomic E-state index is -0.428. The van der Waals surface area contributed by atoms with Crippen LogP contribution >= 0.6 is 15.9 Å². The number of hydrogen-bond acceptors (Lipinski definition) is 2. The van der Waals surface area contributed by atoms with Crippen LogP contribution in [0.15, 0.2) is 28.7 Å². The van der Waals surface area contributed by atoms with Gasteiger partial charge in [0.1, 0.15) is 0 Å². The minimum absolute atomic E-state index is 0.0242. The number of benzene rings is 1. The number of halogens is 1. The van der Waals surface area contributed by atoms with Crippen LogP contribution < -0.4 is 11.1 Å². The molecule has 2 atom stereocenters. The molecule has 100 valence electrons.